The topological polar surface area (TPSA) is 35.2 Å². The lowest BCUT2D eigenvalue weighted by atomic mass is 10.1. The molecule has 1 fully saturated rings. The molecule has 0 radical (unpaired) electrons. The van der Waals surface area contributed by atoms with Gasteiger partial charge >= 0.3 is 0 Å². The average molecular weight is 265 g/mol. The maximum absolute atomic E-state index is 6.21. The summed E-state index contributed by atoms with van der Waals surface area (Å²) in [6.45, 7) is 0.555. The van der Waals surface area contributed by atoms with E-state index in [1.807, 2.05) is 0 Å². The molecule has 3 heteroatoms. The van der Waals surface area contributed by atoms with Crippen molar-refractivity contribution in [2.75, 3.05) is 6.26 Å². The Balaban J connectivity index is 2.12. The van der Waals surface area contributed by atoms with Crippen LogP contribution in [0.2, 0.25) is 0 Å². The predicted octanol–water partition coefficient (Wildman–Crippen LogP) is 3.97. The van der Waals surface area contributed by atoms with Crippen LogP contribution in [0, 0.1) is 0 Å². The van der Waals surface area contributed by atoms with Gasteiger partial charge in [0.25, 0.3) is 0 Å². The monoisotopic (exact) mass is 265 g/mol. The Morgan fingerprint density at radius 3 is 2.56 bits per heavy atom. The second-order valence-electron chi connectivity index (χ2n) is 4.87. The van der Waals surface area contributed by atoms with Crippen molar-refractivity contribution in [1.82, 2.24) is 0 Å². The van der Waals surface area contributed by atoms with E-state index in [-0.39, 0.29) is 0 Å². The summed E-state index contributed by atoms with van der Waals surface area (Å²) < 4.78 is 6.21. The number of hydrogen-bond donors (Lipinski definition) is 1. The molecule has 1 aromatic rings. The van der Waals surface area contributed by atoms with E-state index in [4.69, 9.17) is 10.5 Å². The Bertz CT molecular complexity index is 373. The molecule has 1 aliphatic rings. The van der Waals surface area contributed by atoms with E-state index < -0.39 is 0 Å². The van der Waals surface area contributed by atoms with Gasteiger partial charge in [0.1, 0.15) is 5.75 Å². The molecule has 1 aliphatic carbocycles. The van der Waals surface area contributed by atoms with Gasteiger partial charge in [-0.1, -0.05) is 18.9 Å². The van der Waals surface area contributed by atoms with Crippen molar-refractivity contribution in [3.63, 3.8) is 0 Å². The number of nitrogens with two attached hydrogens (primary N) is 1. The Morgan fingerprint density at radius 1 is 1.22 bits per heavy atom. The lowest BCUT2D eigenvalue weighted by Crippen LogP contribution is -2.17. The van der Waals surface area contributed by atoms with Crippen LogP contribution < -0.4 is 10.5 Å². The summed E-state index contributed by atoms with van der Waals surface area (Å²) in [5.74, 6) is 0.997. The number of benzene rings is 1. The van der Waals surface area contributed by atoms with E-state index in [0.29, 0.717) is 12.6 Å². The molecule has 2 nitrogen and oxygen atoms in total. The first kappa shape index (κ1) is 13.8. The van der Waals surface area contributed by atoms with E-state index in [2.05, 4.69) is 24.5 Å². The van der Waals surface area contributed by atoms with Gasteiger partial charge in [-0.25, -0.2) is 0 Å². The van der Waals surface area contributed by atoms with Crippen LogP contribution in [0.4, 0.5) is 0 Å². The lowest BCUT2D eigenvalue weighted by Gasteiger charge is -2.20. The Hall–Kier alpha value is -0.670. The van der Waals surface area contributed by atoms with Gasteiger partial charge in [-0.05, 0) is 44.1 Å². The molecule has 0 spiro atoms. The summed E-state index contributed by atoms with van der Waals surface area (Å²) in [5, 5.41) is 0. The van der Waals surface area contributed by atoms with Gasteiger partial charge < -0.3 is 10.5 Å². The van der Waals surface area contributed by atoms with Crippen molar-refractivity contribution in [1.29, 1.82) is 0 Å². The van der Waals surface area contributed by atoms with Crippen LogP contribution in [0.3, 0.4) is 0 Å². The quantitative estimate of drug-likeness (QED) is 0.661. The Labute approximate surface area is 114 Å². The summed E-state index contributed by atoms with van der Waals surface area (Å²) in [5.41, 5.74) is 7.03. The molecule has 2 rings (SSSR count). The van der Waals surface area contributed by atoms with E-state index in [0.717, 1.165) is 11.3 Å². The molecule has 0 aromatic heterocycles. The third kappa shape index (κ3) is 3.42. The zero-order valence-corrected chi connectivity index (χ0v) is 12.0. The van der Waals surface area contributed by atoms with Crippen LogP contribution in [-0.2, 0) is 6.54 Å². The molecule has 2 N–H and O–H groups in total. The van der Waals surface area contributed by atoms with E-state index in [1.54, 1.807) is 11.8 Å². The maximum atomic E-state index is 6.21. The molecule has 0 heterocycles. The van der Waals surface area contributed by atoms with Crippen LogP contribution in [0.5, 0.6) is 5.75 Å². The molecular formula is C15H23NOS. The first-order valence-electron chi connectivity index (χ1n) is 6.87. The smallest absolute Gasteiger partial charge is 0.125 e. The number of rotatable bonds is 4. The van der Waals surface area contributed by atoms with Gasteiger partial charge in [0, 0.05) is 17.0 Å². The van der Waals surface area contributed by atoms with Gasteiger partial charge in [0.05, 0.1) is 6.10 Å². The number of ether oxygens (including phenoxy) is 1. The van der Waals surface area contributed by atoms with E-state index >= 15 is 0 Å². The van der Waals surface area contributed by atoms with Gasteiger partial charge in [-0.15, -0.1) is 11.8 Å². The predicted molar refractivity (Wildman–Crippen MR) is 78.2 cm³/mol. The van der Waals surface area contributed by atoms with Crippen molar-refractivity contribution >= 4 is 11.8 Å². The van der Waals surface area contributed by atoms with Gasteiger partial charge in [-0.3, -0.25) is 0 Å². The second-order valence-corrected chi connectivity index (χ2v) is 5.72. The zero-order chi connectivity index (χ0) is 12.8. The molecule has 18 heavy (non-hydrogen) atoms. The normalized spacial score (nSPS) is 17.4. The highest BCUT2D eigenvalue weighted by Crippen LogP contribution is 2.31. The highest BCUT2D eigenvalue weighted by Gasteiger charge is 2.16. The molecule has 100 valence electrons. The van der Waals surface area contributed by atoms with Crippen molar-refractivity contribution in [2.45, 2.75) is 56.1 Å². The van der Waals surface area contributed by atoms with Gasteiger partial charge in [0.2, 0.25) is 0 Å². The van der Waals surface area contributed by atoms with Crippen LogP contribution in [-0.4, -0.2) is 12.4 Å². The fourth-order valence-corrected chi connectivity index (χ4v) is 3.23. The average Bonchev–Trinajstić information content (AvgIpc) is 2.67. The largest absolute Gasteiger partial charge is 0.490 e. The van der Waals surface area contributed by atoms with Crippen molar-refractivity contribution < 1.29 is 4.74 Å². The molecule has 0 saturated heterocycles. The lowest BCUT2D eigenvalue weighted by molar-refractivity contribution is 0.181. The Morgan fingerprint density at radius 2 is 1.94 bits per heavy atom. The van der Waals surface area contributed by atoms with Gasteiger partial charge in [-0.2, -0.15) is 0 Å². The maximum Gasteiger partial charge on any atom is 0.125 e. The Kier molecular flexibility index (Phi) is 5.39. The number of thioether (sulfide) groups is 1. The first-order chi connectivity index (χ1) is 8.85. The second kappa shape index (κ2) is 7.05. The summed E-state index contributed by atoms with van der Waals surface area (Å²) in [4.78, 5) is 1.24. The summed E-state index contributed by atoms with van der Waals surface area (Å²) in [6, 6.07) is 6.25. The van der Waals surface area contributed by atoms with Crippen LogP contribution in [0.25, 0.3) is 0 Å². The minimum absolute atomic E-state index is 0.384. The summed E-state index contributed by atoms with van der Waals surface area (Å²) >= 11 is 1.74. The fraction of sp³-hybridized carbons (Fsp3) is 0.600. The minimum atomic E-state index is 0.384. The molecule has 1 saturated carbocycles. The summed E-state index contributed by atoms with van der Waals surface area (Å²) in [6.07, 6.45) is 10.2. The molecule has 0 amide bonds. The van der Waals surface area contributed by atoms with Crippen molar-refractivity contribution in [2.24, 2.45) is 5.73 Å². The minimum Gasteiger partial charge on any atom is -0.490 e. The number of hydrogen-bond acceptors (Lipinski definition) is 3. The third-order valence-corrected chi connectivity index (χ3v) is 4.43. The van der Waals surface area contributed by atoms with E-state index in [9.17, 15) is 0 Å². The molecule has 1 aromatic carbocycles. The zero-order valence-electron chi connectivity index (χ0n) is 11.2. The van der Waals surface area contributed by atoms with Gasteiger partial charge in [0.15, 0.2) is 0 Å². The summed E-state index contributed by atoms with van der Waals surface area (Å²) in [7, 11) is 0. The van der Waals surface area contributed by atoms with Crippen molar-refractivity contribution in [3.05, 3.63) is 23.8 Å². The molecule has 0 unspecified atom stereocenters. The highest BCUT2D eigenvalue weighted by molar-refractivity contribution is 7.98. The van der Waals surface area contributed by atoms with Crippen LogP contribution in [0.15, 0.2) is 23.1 Å². The van der Waals surface area contributed by atoms with E-state index in [1.165, 1.54) is 43.4 Å². The van der Waals surface area contributed by atoms with Crippen LogP contribution >= 0.6 is 11.8 Å². The fourth-order valence-electron chi connectivity index (χ4n) is 2.59. The standard InChI is InChI=1S/C15H23NOS/c1-18-15-10-6-9-14(13(15)11-16)17-12-7-4-2-3-5-8-12/h6,9-10,12H,2-5,7-8,11,16H2,1H3. The van der Waals surface area contributed by atoms with Crippen molar-refractivity contribution in [3.8, 4) is 5.75 Å². The molecule has 0 atom stereocenters. The molecule has 0 bridgehead atoms. The first-order valence-corrected chi connectivity index (χ1v) is 8.10. The molecule has 0 aliphatic heterocycles. The SMILES string of the molecule is CSc1cccc(OC2CCCCCC2)c1CN. The highest BCUT2D eigenvalue weighted by atomic mass is 32.2. The van der Waals surface area contributed by atoms with Crippen LogP contribution in [0.1, 0.15) is 44.1 Å². The third-order valence-electron chi connectivity index (χ3n) is 3.61. The molecular weight excluding hydrogens is 242 g/mol.